The summed E-state index contributed by atoms with van der Waals surface area (Å²) in [7, 11) is 0. The van der Waals surface area contributed by atoms with Crippen molar-refractivity contribution in [2.75, 3.05) is 32.7 Å². The molecule has 2 aliphatic rings. The van der Waals surface area contributed by atoms with Crippen molar-refractivity contribution in [3.8, 4) is 0 Å². The van der Waals surface area contributed by atoms with Crippen molar-refractivity contribution >= 4 is 5.91 Å². The van der Waals surface area contributed by atoms with Crippen molar-refractivity contribution in [1.29, 1.82) is 0 Å². The van der Waals surface area contributed by atoms with E-state index in [0.29, 0.717) is 31.5 Å². The number of piperidine rings is 1. The molecule has 4 rings (SSSR count). The lowest BCUT2D eigenvalue weighted by Crippen LogP contribution is -2.59. The van der Waals surface area contributed by atoms with E-state index in [4.69, 9.17) is 4.74 Å². The number of rotatable bonds is 3. The van der Waals surface area contributed by atoms with Crippen molar-refractivity contribution in [2.45, 2.75) is 56.9 Å². The Bertz CT molecular complexity index is 1040. The molecule has 2 fully saturated rings. The third kappa shape index (κ3) is 6.04. The quantitative estimate of drug-likeness (QED) is 0.513. The molecular weight excluding hydrogens is 460 g/mol. The first kappa shape index (κ1) is 25.6. The maximum Gasteiger partial charge on any atom is 0.401 e. The Labute approximate surface area is 203 Å². The molecule has 1 atom stereocenters. The van der Waals surface area contributed by atoms with Gasteiger partial charge in [0, 0.05) is 31.7 Å². The van der Waals surface area contributed by atoms with Gasteiger partial charge in [-0.2, -0.15) is 13.2 Å². The molecule has 2 heterocycles. The highest BCUT2D eigenvalue weighted by Gasteiger charge is 2.46. The third-order valence-electron chi connectivity index (χ3n) is 6.89. The minimum atomic E-state index is -4.31. The molecule has 35 heavy (non-hydrogen) atoms. The molecular formula is C27H32F4N2O2. The predicted molar refractivity (Wildman–Crippen MR) is 126 cm³/mol. The molecule has 1 unspecified atom stereocenters. The number of alkyl halides is 3. The van der Waals surface area contributed by atoms with Crippen LogP contribution >= 0.6 is 0 Å². The molecule has 1 amide bonds. The first-order chi connectivity index (χ1) is 16.4. The fourth-order valence-corrected chi connectivity index (χ4v) is 5.13. The van der Waals surface area contributed by atoms with E-state index in [9.17, 15) is 22.4 Å². The van der Waals surface area contributed by atoms with E-state index in [1.165, 1.54) is 11.0 Å². The molecule has 0 radical (unpaired) electrons. The number of nitrogens with zero attached hydrogens (tertiary/aromatic N) is 2. The Morgan fingerprint density at radius 3 is 2.29 bits per heavy atom. The highest BCUT2D eigenvalue weighted by Crippen LogP contribution is 2.39. The van der Waals surface area contributed by atoms with Crippen LogP contribution < -0.4 is 0 Å². The van der Waals surface area contributed by atoms with Crippen LogP contribution in [0.2, 0.25) is 0 Å². The maximum absolute atomic E-state index is 14.7. The lowest BCUT2D eigenvalue weighted by atomic mass is 9.85. The Morgan fingerprint density at radius 1 is 1.06 bits per heavy atom. The fourth-order valence-electron chi connectivity index (χ4n) is 5.13. The summed E-state index contributed by atoms with van der Waals surface area (Å²) in [4.78, 5) is 16.1. The van der Waals surface area contributed by atoms with Gasteiger partial charge in [0.15, 0.2) is 0 Å². The normalized spacial score (nSPS) is 21.3. The van der Waals surface area contributed by atoms with Crippen LogP contribution in [0.25, 0.3) is 0 Å². The van der Waals surface area contributed by atoms with E-state index in [-0.39, 0.29) is 30.0 Å². The van der Waals surface area contributed by atoms with Crippen LogP contribution in [0.15, 0.2) is 48.5 Å². The van der Waals surface area contributed by atoms with Crippen LogP contribution in [-0.4, -0.2) is 60.2 Å². The lowest BCUT2D eigenvalue weighted by molar-refractivity contribution is -0.205. The lowest BCUT2D eigenvalue weighted by Gasteiger charge is -2.50. The number of hydrogen-bond donors (Lipinski definition) is 0. The minimum absolute atomic E-state index is 0.160. The first-order valence-electron chi connectivity index (χ1n) is 12.0. The van der Waals surface area contributed by atoms with Crippen molar-refractivity contribution in [3.63, 3.8) is 0 Å². The summed E-state index contributed by atoms with van der Waals surface area (Å²) in [6.45, 7) is 5.72. The first-order valence-corrected chi connectivity index (χ1v) is 12.0. The van der Waals surface area contributed by atoms with Crippen molar-refractivity contribution < 1.29 is 27.1 Å². The Kier molecular flexibility index (Phi) is 6.99. The van der Waals surface area contributed by atoms with Crippen LogP contribution in [0.5, 0.6) is 0 Å². The smallest absolute Gasteiger partial charge is 0.364 e. The second-order valence-corrected chi connectivity index (χ2v) is 10.7. The number of benzene rings is 2. The second-order valence-electron chi connectivity index (χ2n) is 10.7. The third-order valence-corrected chi connectivity index (χ3v) is 6.89. The highest BCUT2D eigenvalue weighted by molar-refractivity contribution is 5.94. The summed E-state index contributed by atoms with van der Waals surface area (Å²) in [5.74, 6) is -0.692. The Morgan fingerprint density at radius 2 is 1.71 bits per heavy atom. The molecule has 0 saturated carbocycles. The van der Waals surface area contributed by atoms with Gasteiger partial charge in [-0.05, 0) is 41.5 Å². The van der Waals surface area contributed by atoms with Crippen molar-refractivity contribution in [1.82, 2.24) is 9.80 Å². The van der Waals surface area contributed by atoms with E-state index in [2.05, 4.69) is 0 Å². The second kappa shape index (κ2) is 9.54. The standard InChI is InChI=1S/C27H32F4N2O2/c1-25(2,3)21-10-9-20(15-22(21)28)24(34)33-13-11-26(12-14-33)17-32(18-27(29,30)31)16-23(35-26)19-7-5-4-6-8-19/h4-10,15,23H,11-14,16-18H2,1-3H3. The Hall–Kier alpha value is -2.45. The number of halogens is 4. The number of likely N-dealkylation sites (tertiary alicyclic amines) is 1. The van der Waals surface area contributed by atoms with Crippen LogP contribution in [-0.2, 0) is 10.2 Å². The van der Waals surface area contributed by atoms with Gasteiger partial charge in [-0.15, -0.1) is 0 Å². The largest absolute Gasteiger partial charge is 0.401 e. The molecule has 2 saturated heterocycles. The van der Waals surface area contributed by atoms with E-state index < -0.39 is 30.2 Å². The SMILES string of the molecule is CC(C)(C)c1ccc(C(=O)N2CCC3(CC2)CN(CC(F)(F)F)CC(c2ccccc2)O3)cc1F. The number of carbonyl (C=O) groups excluding carboxylic acids is 1. The minimum Gasteiger partial charge on any atom is -0.364 e. The zero-order valence-corrected chi connectivity index (χ0v) is 20.4. The molecule has 8 heteroatoms. The van der Waals surface area contributed by atoms with E-state index in [0.717, 1.165) is 5.56 Å². The number of ether oxygens (including phenoxy) is 1. The van der Waals surface area contributed by atoms with Crippen LogP contribution in [0.3, 0.4) is 0 Å². The summed E-state index contributed by atoms with van der Waals surface area (Å²) >= 11 is 0. The maximum atomic E-state index is 14.7. The fraction of sp³-hybridized carbons (Fsp3) is 0.519. The van der Waals surface area contributed by atoms with Gasteiger partial charge in [-0.25, -0.2) is 4.39 Å². The molecule has 1 spiro atoms. The van der Waals surface area contributed by atoms with Gasteiger partial charge in [0.1, 0.15) is 5.82 Å². The number of hydrogen-bond acceptors (Lipinski definition) is 3. The predicted octanol–water partition coefficient (Wildman–Crippen LogP) is 5.73. The van der Waals surface area contributed by atoms with Gasteiger partial charge in [0.2, 0.25) is 0 Å². The van der Waals surface area contributed by atoms with Gasteiger partial charge < -0.3 is 9.64 Å². The molecule has 0 bridgehead atoms. The summed E-state index contributed by atoms with van der Waals surface area (Å²) < 4.78 is 60.8. The van der Waals surface area contributed by atoms with Crippen LogP contribution in [0, 0.1) is 5.82 Å². The zero-order chi connectivity index (χ0) is 25.4. The van der Waals surface area contributed by atoms with Gasteiger partial charge in [-0.3, -0.25) is 9.69 Å². The molecule has 0 N–H and O–H groups in total. The van der Waals surface area contributed by atoms with Crippen LogP contribution in [0.4, 0.5) is 17.6 Å². The van der Waals surface area contributed by atoms with E-state index in [1.54, 1.807) is 17.0 Å². The van der Waals surface area contributed by atoms with Gasteiger partial charge in [0.25, 0.3) is 5.91 Å². The molecule has 2 aromatic rings. The Balaban J connectivity index is 1.48. The number of morpholine rings is 1. The van der Waals surface area contributed by atoms with Crippen LogP contribution in [0.1, 0.15) is 61.2 Å². The molecule has 2 aromatic carbocycles. The summed E-state index contributed by atoms with van der Waals surface area (Å²) in [5.41, 5.74) is 0.504. The van der Waals surface area contributed by atoms with Gasteiger partial charge >= 0.3 is 6.18 Å². The molecule has 0 aromatic heterocycles. The summed E-state index contributed by atoms with van der Waals surface area (Å²) in [6.07, 6.45) is -3.95. The zero-order valence-electron chi connectivity index (χ0n) is 20.4. The highest BCUT2D eigenvalue weighted by atomic mass is 19.4. The van der Waals surface area contributed by atoms with Gasteiger partial charge in [0.05, 0.1) is 18.2 Å². The van der Waals surface area contributed by atoms with Crippen molar-refractivity contribution in [2.24, 2.45) is 0 Å². The van der Waals surface area contributed by atoms with Crippen molar-refractivity contribution in [3.05, 3.63) is 71.0 Å². The topological polar surface area (TPSA) is 32.8 Å². The molecule has 4 nitrogen and oxygen atoms in total. The average molecular weight is 493 g/mol. The molecule has 0 aliphatic carbocycles. The molecule has 190 valence electrons. The van der Waals surface area contributed by atoms with E-state index >= 15 is 0 Å². The monoisotopic (exact) mass is 492 g/mol. The van der Waals surface area contributed by atoms with Gasteiger partial charge in [-0.1, -0.05) is 57.2 Å². The summed E-state index contributed by atoms with van der Waals surface area (Å²) in [6, 6.07) is 13.9. The summed E-state index contributed by atoms with van der Waals surface area (Å²) in [5, 5.41) is 0. The number of amides is 1. The number of carbonyl (C=O) groups is 1. The van der Waals surface area contributed by atoms with E-state index in [1.807, 2.05) is 51.1 Å². The average Bonchev–Trinajstić information content (AvgIpc) is 2.77. The molecule has 2 aliphatic heterocycles.